The topological polar surface area (TPSA) is 92.3 Å². The van der Waals surface area contributed by atoms with Gasteiger partial charge in [-0.15, -0.1) is 0 Å². The number of methoxy groups -OCH3 is 3. The predicted molar refractivity (Wildman–Crippen MR) is 90.6 cm³/mol. The molecule has 0 aromatic heterocycles. The molecule has 0 aliphatic heterocycles. The lowest BCUT2D eigenvalue weighted by Crippen LogP contribution is -2.34. The van der Waals surface area contributed by atoms with Crippen molar-refractivity contribution in [1.82, 2.24) is 5.32 Å². The second-order valence-corrected chi connectivity index (χ2v) is 5.98. The molecule has 1 amide bonds. The molecule has 0 saturated carbocycles. The van der Waals surface area contributed by atoms with Gasteiger partial charge in [0.05, 0.1) is 33.4 Å². The van der Waals surface area contributed by atoms with Crippen LogP contribution in [0.5, 0.6) is 17.2 Å². The van der Waals surface area contributed by atoms with Crippen LogP contribution in [0.4, 0.5) is 4.79 Å². The highest BCUT2D eigenvalue weighted by molar-refractivity contribution is 5.91. The lowest BCUT2D eigenvalue weighted by Gasteiger charge is -2.19. The van der Waals surface area contributed by atoms with Gasteiger partial charge in [0.25, 0.3) is 0 Å². The van der Waals surface area contributed by atoms with Crippen LogP contribution >= 0.6 is 0 Å². The maximum Gasteiger partial charge on any atom is 0.407 e. The summed E-state index contributed by atoms with van der Waals surface area (Å²) in [7, 11) is 4.38. The van der Waals surface area contributed by atoms with Gasteiger partial charge in [-0.05, 0) is 32.9 Å². The van der Waals surface area contributed by atoms with E-state index in [1.54, 1.807) is 20.8 Å². The molecule has 0 unspecified atom stereocenters. The Balaban J connectivity index is 2.62. The van der Waals surface area contributed by atoms with Crippen molar-refractivity contribution < 1.29 is 33.3 Å². The van der Waals surface area contributed by atoms with Crippen LogP contribution in [0.3, 0.4) is 0 Å². The Kier molecular flexibility index (Phi) is 7.35. The SMILES string of the molecule is COc1cc(C(=O)OCCNC(=O)OC(C)(C)C)cc(OC)c1OC. The lowest BCUT2D eigenvalue weighted by molar-refractivity contribution is 0.0433. The summed E-state index contributed by atoms with van der Waals surface area (Å²) in [4.78, 5) is 23.6. The van der Waals surface area contributed by atoms with Gasteiger partial charge in [-0.1, -0.05) is 0 Å². The van der Waals surface area contributed by atoms with Gasteiger partial charge < -0.3 is 29.0 Å². The minimum Gasteiger partial charge on any atom is -0.493 e. The van der Waals surface area contributed by atoms with Crippen molar-refractivity contribution in [3.05, 3.63) is 17.7 Å². The van der Waals surface area contributed by atoms with Crippen LogP contribution in [-0.4, -0.2) is 52.1 Å². The summed E-state index contributed by atoms with van der Waals surface area (Å²) in [6.07, 6.45) is -0.573. The number of carbonyl (C=O) groups excluding carboxylic acids is 2. The van der Waals surface area contributed by atoms with Gasteiger partial charge in [0.15, 0.2) is 11.5 Å². The monoisotopic (exact) mass is 355 g/mol. The van der Waals surface area contributed by atoms with Crippen LogP contribution < -0.4 is 19.5 Å². The summed E-state index contributed by atoms with van der Waals surface area (Å²) in [5.41, 5.74) is -0.344. The molecule has 0 saturated heterocycles. The van der Waals surface area contributed by atoms with E-state index in [1.165, 1.54) is 33.5 Å². The van der Waals surface area contributed by atoms with Crippen LogP contribution in [0.25, 0.3) is 0 Å². The summed E-state index contributed by atoms with van der Waals surface area (Å²) >= 11 is 0. The van der Waals surface area contributed by atoms with Gasteiger partial charge in [-0.3, -0.25) is 0 Å². The number of benzene rings is 1. The normalized spacial score (nSPS) is 10.6. The van der Waals surface area contributed by atoms with Crippen molar-refractivity contribution in [3.63, 3.8) is 0 Å². The van der Waals surface area contributed by atoms with E-state index in [0.717, 1.165) is 0 Å². The standard InChI is InChI=1S/C17H25NO7/c1-17(2,3)25-16(20)18-7-8-24-15(19)11-9-12(21-4)14(23-6)13(10-11)22-5/h9-10H,7-8H2,1-6H3,(H,18,20). The molecule has 1 aromatic rings. The third-order valence-corrected chi connectivity index (χ3v) is 2.90. The van der Waals surface area contributed by atoms with E-state index in [0.29, 0.717) is 17.2 Å². The maximum atomic E-state index is 12.1. The Hall–Kier alpha value is -2.64. The van der Waals surface area contributed by atoms with E-state index in [9.17, 15) is 9.59 Å². The molecule has 140 valence electrons. The molecule has 0 spiro atoms. The van der Waals surface area contributed by atoms with Crippen molar-refractivity contribution in [3.8, 4) is 17.2 Å². The highest BCUT2D eigenvalue weighted by Crippen LogP contribution is 2.38. The molecule has 0 radical (unpaired) electrons. The third kappa shape index (κ3) is 6.40. The second-order valence-electron chi connectivity index (χ2n) is 5.98. The molecule has 0 aliphatic carbocycles. The highest BCUT2D eigenvalue weighted by atomic mass is 16.6. The third-order valence-electron chi connectivity index (χ3n) is 2.90. The summed E-state index contributed by atoms with van der Waals surface area (Å²) in [5, 5.41) is 2.50. The Morgan fingerprint density at radius 1 is 1.00 bits per heavy atom. The molecule has 1 N–H and O–H groups in total. The molecule has 0 heterocycles. The average molecular weight is 355 g/mol. The van der Waals surface area contributed by atoms with Crippen LogP contribution in [0.1, 0.15) is 31.1 Å². The van der Waals surface area contributed by atoms with Crippen LogP contribution in [0, 0.1) is 0 Å². The summed E-state index contributed by atoms with van der Waals surface area (Å²) < 4.78 is 25.8. The molecular weight excluding hydrogens is 330 g/mol. The van der Waals surface area contributed by atoms with Gasteiger partial charge in [0.2, 0.25) is 5.75 Å². The van der Waals surface area contributed by atoms with Crippen LogP contribution in [0.2, 0.25) is 0 Å². The second kappa shape index (κ2) is 9.00. The molecule has 25 heavy (non-hydrogen) atoms. The van der Waals surface area contributed by atoms with E-state index in [-0.39, 0.29) is 18.7 Å². The number of alkyl carbamates (subject to hydrolysis) is 1. The largest absolute Gasteiger partial charge is 0.493 e. The fourth-order valence-corrected chi connectivity index (χ4v) is 1.89. The average Bonchev–Trinajstić information content (AvgIpc) is 2.55. The first-order chi connectivity index (χ1) is 11.7. The quantitative estimate of drug-likeness (QED) is 0.593. The van der Waals surface area contributed by atoms with E-state index in [1.807, 2.05) is 0 Å². The van der Waals surface area contributed by atoms with Crippen LogP contribution in [-0.2, 0) is 9.47 Å². The van der Waals surface area contributed by atoms with E-state index >= 15 is 0 Å². The van der Waals surface area contributed by atoms with Crippen molar-refractivity contribution in [2.24, 2.45) is 0 Å². The Bertz CT molecular complexity index is 582. The molecule has 0 atom stereocenters. The molecule has 1 rings (SSSR count). The summed E-state index contributed by atoms with van der Waals surface area (Å²) in [6, 6.07) is 2.98. The van der Waals surface area contributed by atoms with Crippen molar-refractivity contribution in [1.29, 1.82) is 0 Å². The Labute approximate surface area is 147 Å². The highest BCUT2D eigenvalue weighted by Gasteiger charge is 2.18. The zero-order valence-corrected chi connectivity index (χ0v) is 15.4. The number of ether oxygens (including phenoxy) is 5. The fourth-order valence-electron chi connectivity index (χ4n) is 1.89. The van der Waals surface area contributed by atoms with E-state index in [2.05, 4.69) is 5.32 Å². The number of carbonyl (C=O) groups is 2. The summed E-state index contributed by atoms with van der Waals surface area (Å²) in [6.45, 7) is 5.41. The molecule has 8 heteroatoms. The maximum absolute atomic E-state index is 12.1. The Morgan fingerprint density at radius 2 is 1.56 bits per heavy atom. The van der Waals surface area contributed by atoms with Crippen molar-refractivity contribution >= 4 is 12.1 Å². The number of hydrogen-bond donors (Lipinski definition) is 1. The molecule has 0 bridgehead atoms. The molecule has 8 nitrogen and oxygen atoms in total. The first-order valence-electron chi connectivity index (χ1n) is 7.65. The zero-order chi connectivity index (χ0) is 19.0. The first-order valence-corrected chi connectivity index (χ1v) is 7.65. The fraction of sp³-hybridized carbons (Fsp3) is 0.529. The van der Waals surface area contributed by atoms with Gasteiger partial charge in [0.1, 0.15) is 12.2 Å². The van der Waals surface area contributed by atoms with Gasteiger partial charge in [0, 0.05) is 0 Å². The number of hydrogen-bond acceptors (Lipinski definition) is 7. The smallest absolute Gasteiger partial charge is 0.407 e. The Morgan fingerprint density at radius 3 is 2.00 bits per heavy atom. The number of amides is 1. The van der Waals surface area contributed by atoms with Gasteiger partial charge in [-0.25, -0.2) is 9.59 Å². The number of nitrogens with one attached hydrogen (secondary N) is 1. The molecular formula is C17H25NO7. The minimum atomic E-state index is -0.586. The molecule has 0 fully saturated rings. The van der Waals surface area contributed by atoms with E-state index in [4.69, 9.17) is 23.7 Å². The zero-order valence-electron chi connectivity index (χ0n) is 15.4. The lowest BCUT2D eigenvalue weighted by atomic mass is 10.2. The molecule has 1 aromatic carbocycles. The predicted octanol–water partition coefficient (Wildman–Crippen LogP) is 2.39. The number of rotatable bonds is 7. The van der Waals surface area contributed by atoms with Gasteiger partial charge in [-0.2, -0.15) is 0 Å². The van der Waals surface area contributed by atoms with Crippen LogP contribution in [0.15, 0.2) is 12.1 Å². The number of esters is 1. The van der Waals surface area contributed by atoms with Crippen molar-refractivity contribution in [2.75, 3.05) is 34.5 Å². The first kappa shape index (κ1) is 20.4. The van der Waals surface area contributed by atoms with Crippen molar-refractivity contribution in [2.45, 2.75) is 26.4 Å². The summed E-state index contributed by atoms with van der Waals surface area (Å²) in [5.74, 6) is 0.500. The minimum absolute atomic E-state index is 0.00522. The van der Waals surface area contributed by atoms with Gasteiger partial charge >= 0.3 is 12.1 Å². The molecule has 0 aliphatic rings. The van der Waals surface area contributed by atoms with E-state index < -0.39 is 17.7 Å².